The minimum atomic E-state index is -4.48. The third-order valence-electron chi connectivity index (χ3n) is 6.60. The van der Waals surface area contributed by atoms with Crippen LogP contribution in [-0.2, 0) is 4.79 Å². The molecule has 37 heavy (non-hydrogen) atoms. The number of rotatable bonds is 7. The van der Waals surface area contributed by atoms with E-state index in [-0.39, 0.29) is 29.6 Å². The summed E-state index contributed by atoms with van der Waals surface area (Å²) in [6.45, 7) is 1.95. The van der Waals surface area contributed by atoms with E-state index in [2.05, 4.69) is 15.2 Å². The van der Waals surface area contributed by atoms with E-state index in [1.807, 2.05) is 5.32 Å². The quantitative estimate of drug-likeness (QED) is 0.490. The molecule has 0 saturated carbocycles. The normalized spacial score (nSPS) is 21.5. The predicted molar refractivity (Wildman–Crippen MR) is 134 cm³/mol. The van der Waals surface area contributed by atoms with Crippen molar-refractivity contribution in [2.75, 3.05) is 11.4 Å². The second-order valence-corrected chi connectivity index (χ2v) is 10.7. The molecule has 2 unspecified atom stereocenters. The molecule has 4 rings (SSSR count). The van der Waals surface area contributed by atoms with Crippen LogP contribution in [0, 0.1) is 0 Å². The number of fused-ring (bicyclic) bond motifs is 2. The zero-order chi connectivity index (χ0) is 27.0. The molecule has 200 valence electrons. The van der Waals surface area contributed by atoms with Crippen LogP contribution in [0.1, 0.15) is 49.9 Å². The first-order chi connectivity index (χ1) is 17.3. The van der Waals surface area contributed by atoms with E-state index in [1.54, 1.807) is 38.1 Å². The van der Waals surface area contributed by atoms with Crippen molar-refractivity contribution in [2.45, 2.75) is 69.4 Å². The molecule has 0 radical (unpaired) electrons. The Morgan fingerprint density at radius 1 is 1.11 bits per heavy atom. The van der Waals surface area contributed by atoms with Crippen LogP contribution in [0.4, 0.5) is 19.0 Å². The molecular weight excluding hydrogens is 532 g/mol. The summed E-state index contributed by atoms with van der Waals surface area (Å²) in [6.07, 6.45) is 0.0625. The highest BCUT2D eigenvalue weighted by Gasteiger charge is 2.43. The van der Waals surface area contributed by atoms with Crippen molar-refractivity contribution in [2.24, 2.45) is 0 Å². The lowest BCUT2D eigenvalue weighted by Crippen LogP contribution is -2.55. The first-order valence-corrected chi connectivity index (χ1v) is 12.6. The summed E-state index contributed by atoms with van der Waals surface area (Å²) in [5.41, 5.74) is -1.11. The van der Waals surface area contributed by atoms with E-state index in [0.717, 1.165) is 12.8 Å². The van der Waals surface area contributed by atoms with Crippen molar-refractivity contribution in [1.29, 1.82) is 0 Å². The standard InChI is InChI=1S/C25H27Cl2F3N4O3/c1-24(2,37-20-7-4-15(26)9-19(20)27)23(36)33-16-10-17-5-6-18(11-16)34(17)21-8-3-14(12-31-21)22(35)32-13-25(28,29)30/h3-4,7-9,12,16-18H,5-6,10-11,13H2,1-2H3,(H,32,35)(H,33,36). The molecule has 7 nitrogen and oxygen atoms in total. The molecular formula is C25H27Cl2F3N4O3. The summed E-state index contributed by atoms with van der Waals surface area (Å²) in [5.74, 6) is -0.0670. The van der Waals surface area contributed by atoms with E-state index < -0.39 is 24.2 Å². The van der Waals surface area contributed by atoms with Crippen LogP contribution in [0.15, 0.2) is 36.5 Å². The monoisotopic (exact) mass is 558 g/mol. The fourth-order valence-electron chi connectivity index (χ4n) is 4.86. The third kappa shape index (κ3) is 6.59. The van der Waals surface area contributed by atoms with Crippen molar-refractivity contribution in [3.05, 3.63) is 52.1 Å². The van der Waals surface area contributed by atoms with Gasteiger partial charge in [0.05, 0.1) is 10.6 Å². The molecule has 2 fully saturated rings. The number of benzene rings is 1. The van der Waals surface area contributed by atoms with E-state index in [4.69, 9.17) is 27.9 Å². The van der Waals surface area contributed by atoms with Crippen LogP contribution in [0.5, 0.6) is 5.75 Å². The topological polar surface area (TPSA) is 83.6 Å². The van der Waals surface area contributed by atoms with Crippen LogP contribution >= 0.6 is 23.2 Å². The summed E-state index contributed by atoms with van der Waals surface area (Å²) in [7, 11) is 0. The van der Waals surface area contributed by atoms with Gasteiger partial charge in [-0.1, -0.05) is 23.2 Å². The Morgan fingerprint density at radius 3 is 2.35 bits per heavy atom. The number of ether oxygens (including phenoxy) is 1. The molecule has 2 N–H and O–H groups in total. The van der Waals surface area contributed by atoms with Crippen LogP contribution in [0.3, 0.4) is 0 Å². The minimum Gasteiger partial charge on any atom is -0.476 e. The fourth-order valence-corrected chi connectivity index (χ4v) is 5.31. The predicted octanol–water partition coefficient (Wildman–Crippen LogP) is 5.15. The second kappa shape index (κ2) is 10.6. The highest BCUT2D eigenvalue weighted by molar-refractivity contribution is 6.35. The van der Waals surface area contributed by atoms with E-state index >= 15 is 0 Å². The van der Waals surface area contributed by atoms with Gasteiger partial charge < -0.3 is 20.3 Å². The first kappa shape index (κ1) is 27.3. The van der Waals surface area contributed by atoms with Crippen molar-refractivity contribution in [3.63, 3.8) is 0 Å². The summed E-state index contributed by atoms with van der Waals surface area (Å²) in [6, 6.07) is 8.15. The molecule has 12 heteroatoms. The Balaban J connectivity index is 1.35. The summed E-state index contributed by atoms with van der Waals surface area (Å²) >= 11 is 12.1. The lowest BCUT2D eigenvalue weighted by Gasteiger charge is -2.40. The number of hydrogen-bond acceptors (Lipinski definition) is 5. The van der Waals surface area contributed by atoms with Gasteiger partial charge in [0, 0.05) is 29.3 Å². The Bertz CT molecular complexity index is 1150. The maximum absolute atomic E-state index is 13.1. The molecule has 0 aliphatic carbocycles. The van der Waals surface area contributed by atoms with Crippen molar-refractivity contribution in [3.8, 4) is 5.75 Å². The van der Waals surface area contributed by atoms with Gasteiger partial charge in [-0.05, 0) is 69.9 Å². The van der Waals surface area contributed by atoms with Gasteiger partial charge >= 0.3 is 6.18 Å². The average molecular weight is 559 g/mol. The minimum absolute atomic E-state index is 0.0581. The van der Waals surface area contributed by atoms with Gasteiger partial charge in [-0.3, -0.25) is 9.59 Å². The highest BCUT2D eigenvalue weighted by Crippen LogP contribution is 2.39. The van der Waals surface area contributed by atoms with Gasteiger partial charge in [0.1, 0.15) is 18.1 Å². The van der Waals surface area contributed by atoms with Gasteiger partial charge in [0.2, 0.25) is 0 Å². The Labute approximate surface area is 222 Å². The number of amides is 2. The number of pyridine rings is 1. The zero-order valence-electron chi connectivity index (χ0n) is 20.2. The third-order valence-corrected chi connectivity index (χ3v) is 7.13. The fraction of sp³-hybridized carbons (Fsp3) is 0.480. The maximum atomic E-state index is 13.1. The molecule has 2 amide bonds. The number of hydrogen-bond donors (Lipinski definition) is 2. The Morgan fingerprint density at radius 2 is 1.78 bits per heavy atom. The number of carbonyl (C=O) groups excluding carboxylic acids is 2. The Hall–Kier alpha value is -2.72. The van der Waals surface area contributed by atoms with Gasteiger partial charge in [-0.2, -0.15) is 13.2 Å². The van der Waals surface area contributed by atoms with Gasteiger partial charge in [-0.25, -0.2) is 4.98 Å². The van der Waals surface area contributed by atoms with E-state index in [1.165, 1.54) is 12.3 Å². The summed E-state index contributed by atoms with van der Waals surface area (Å²) < 4.78 is 43.0. The SMILES string of the molecule is CC(C)(Oc1ccc(Cl)cc1Cl)C(=O)NC1CC2CCC(C1)N2c1ccc(C(=O)NCC(F)(F)F)cn1. The Kier molecular flexibility index (Phi) is 7.80. The summed E-state index contributed by atoms with van der Waals surface area (Å²) in [5, 5.41) is 5.74. The molecule has 0 spiro atoms. The summed E-state index contributed by atoms with van der Waals surface area (Å²) in [4.78, 5) is 31.6. The lowest BCUT2D eigenvalue weighted by atomic mass is 9.96. The number of aromatic nitrogens is 1. The molecule has 2 aliphatic rings. The van der Waals surface area contributed by atoms with Crippen molar-refractivity contribution in [1.82, 2.24) is 15.6 Å². The largest absolute Gasteiger partial charge is 0.476 e. The number of nitrogens with one attached hydrogen (secondary N) is 2. The molecule has 3 heterocycles. The van der Waals surface area contributed by atoms with E-state index in [0.29, 0.717) is 34.5 Å². The molecule has 2 aliphatic heterocycles. The number of halogens is 5. The van der Waals surface area contributed by atoms with Crippen molar-refractivity contribution < 1.29 is 27.5 Å². The highest BCUT2D eigenvalue weighted by atomic mass is 35.5. The molecule has 2 bridgehead atoms. The lowest BCUT2D eigenvalue weighted by molar-refractivity contribution is -0.135. The van der Waals surface area contributed by atoms with E-state index in [9.17, 15) is 22.8 Å². The molecule has 2 aromatic rings. The molecule has 2 atom stereocenters. The van der Waals surface area contributed by atoms with Crippen LogP contribution < -0.4 is 20.3 Å². The number of anilines is 1. The van der Waals surface area contributed by atoms with Crippen LogP contribution in [0.2, 0.25) is 10.0 Å². The first-order valence-electron chi connectivity index (χ1n) is 11.9. The van der Waals surface area contributed by atoms with Crippen molar-refractivity contribution >= 4 is 40.8 Å². The molecule has 2 saturated heterocycles. The van der Waals surface area contributed by atoms with Crippen LogP contribution in [-0.4, -0.2) is 53.2 Å². The maximum Gasteiger partial charge on any atom is 0.405 e. The molecule has 1 aromatic heterocycles. The van der Waals surface area contributed by atoms with Gasteiger partial charge in [0.25, 0.3) is 11.8 Å². The number of nitrogens with zero attached hydrogens (tertiary/aromatic N) is 2. The zero-order valence-corrected chi connectivity index (χ0v) is 21.8. The van der Waals surface area contributed by atoms with Gasteiger partial charge in [-0.15, -0.1) is 0 Å². The van der Waals surface area contributed by atoms with Crippen LogP contribution in [0.25, 0.3) is 0 Å². The second-order valence-electron chi connectivity index (χ2n) is 9.82. The number of piperidine rings is 1. The number of alkyl halides is 3. The van der Waals surface area contributed by atoms with Gasteiger partial charge in [0.15, 0.2) is 5.60 Å². The smallest absolute Gasteiger partial charge is 0.405 e. The number of carbonyl (C=O) groups is 2. The average Bonchev–Trinajstić information content (AvgIpc) is 3.09. The molecule has 1 aromatic carbocycles.